The highest BCUT2D eigenvalue weighted by Crippen LogP contribution is 2.14. The number of halogens is 2. The Morgan fingerprint density at radius 2 is 1.94 bits per heavy atom. The van der Waals surface area contributed by atoms with Crippen LogP contribution in [0.2, 0.25) is 10.3 Å². The minimum Gasteiger partial charge on any atom is -0.468 e. The molecular formula is C9H8Cl2N2O3. The van der Waals surface area contributed by atoms with E-state index in [1.54, 1.807) is 0 Å². The number of aromatic nitrogens is 1. The van der Waals surface area contributed by atoms with Gasteiger partial charge in [0.25, 0.3) is 5.91 Å². The summed E-state index contributed by atoms with van der Waals surface area (Å²) in [7, 11) is 1.23. The van der Waals surface area contributed by atoms with Crippen molar-refractivity contribution in [2.24, 2.45) is 0 Å². The quantitative estimate of drug-likeness (QED) is 0.659. The molecule has 0 aliphatic rings. The van der Waals surface area contributed by atoms with E-state index in [1.165, 1.54) is 19.2 Å². The van der Waals surface area contributed by atoms with Gasteiger partial charge in [-0.25, -0.2) is 4.98 Å². The molecule has 16 heavy (non-hydrogen) atoms. The number of rotatable bonds is 3. The smallest absolute Gasteiger partial charge is 0.325 e. The normalized spacial score (nSPS) is 9.69. The first-order chi connectivity index (χ1) is 7.52. The number of carbonyl (C=O) groups excluding carboxylic acids is 2. The van der Waals surface area contributed by atoms with Gasteiger partial charge in [-0.15, -0.1) is 0 Å². The molecule has 7 heteroatoms. The standard InChI is InChI=1S/C9H8Cl2N2O3/c1-16-8(14)4-12-9(15)5-2-6(10)13-7(11)3-5/h2-3H,4H2,1H3,(H,12,15). The lowest BCUT2D eigenvalue weighted by molar-refractivity contribution is -0.139. The van der Waals surface area contributed by atoms with E-state index in [0.717, 1.165) is 0 Å². The Morgan fingerprint density at radius 3 is 2.44 bits per heavy atom. The molecule has 1 rings (SSSR count). The maximum atomic E-state index is 11.5. The molecule has 0 spiro atoms. The third-order valence-corrected chi connectivity index (χ3v) is 2.03. The summed E-state index contributed by atoms with van der Waals surface area (Å²) in [6.07, 6.45) is 0. The van der Waals surface area contributed by atoms with E-state index in [2.05, 4.69) is 15.0 Å². The molecule has 0 saturated carbocycles. The van der Waals surface area contributed by atoms with Gasteiger partial charge in [-0.05, 0) is 12.1 Å². The molecule has 0 aromatic carbocycles. The molecule has 1 heterocycles. The first-order valence-electron chi connectivity index (χ1n) is 4.21. The highest BCUT2D eigenvalue weighted by atomic mass is 35.5. The van der Waals surface area contributed by atoms with E-state index in [4.69, 9.17) is 23.2 Å². The van der Waals surface area contributed by atoms with Gasteiger partial charge in [-0.1, -0.05) is 23.2 Å². The van der Waals surface area contributed by atoms with Gasteiger partial charge >= 0.3 is 5.97 Å². The van der Waals surface area contributed by atoms with Crippen molar-refractivity contribution in [3.05, 3.63) is 28.0 Å². The average Bonchev–Trinajstić information content (AvgIpc) is 2.23. The first kappa shape index (κ1) is 12.7. The maximum absolute atomic E-state index is 11.5. The summed E-state index contributed by atoms with van der Waals surface area (Å²) in [5.74, 6) is -1.02. The number of nitrogens with zero attached hydrogens (tertiary/aromatic N) is 1. The molecule has 0 aliphatic carbocycles. The highest BCUT2D eigenvalue weighted by Gasteiger charge is 2.10. The molecule has 0 saturated heterocycles. The molecule has 86 valence electrons. The van der Waals surface area contributed by atoms with Gasteiger partial charge in [-0.2, -0.15) is 0 Å². The number of carbonyl (C=O) groups is 2. The summed E-state index contributed by atoms with van der Waals surface area (Å²) in [5, 5.41) is 2.56. The Morgan fingerprint density at radius 1 is 1.38 bits per heavy atom. The lowest BCUT2D eigenvalue weighted by atomic mass is 10.2. The van der Waals surface area contributed by atoms with Crippen molar-refractivity contribution in [3.63, 3.8) is 0 Å². The fourth-order valence-corrected chi connectivity index (χ4v) is 1.38. The number of hydrogen-bond acceptors (Lipinski definition) is 4. The second-order valence-electron chi connectivity index (χ2n) is 2.76. The van der Waals surface area contributed by atoms with Gasteiger partial charge in [0.05, 0.1) is 7.11 Å². The van der Waals surface area contributed by atoms with E-state index >= 15 is 0 Å². The van der Waals surface area contributed by atoms with E-state index in [1.807, 2.05) is 0 Å². The number of amides is 1. The van der Waals surface area contributed by atoms with Crippen molar-refractivity contribution in [2.45, 2.75) is 0 Å². The molecule has 0 bridgehead atoms. The number of hydrogen-bond donors (Lipinski definition) is 1. The van der Waals surface area contributed by atoms with Gasteiger partial charge < -0.3 is 10.1 Å². The number of ether oxygens (including phenoxy) is 1. The topological polar surface area (TPSA) is 68.3 Å². The van der Waals surface area contributed by atoms with Crippen LogP contribution in [-0.4, -0.2) is 30.5 Å². The van der Waals surface area contributed by atoms with Crippen LogP contribution in [0.25, 0.3) is 0 Å². The SMILES string of the molecule is COC(=O)CNC(=O)c1cc(Cl)nc(Cl)c1. The lowest BCUT2D eigenvalue weighted by Gasteiger charge is -2.04. The molecule has 1 amide bonds. The third-order valence-electron chi connectivity index (χ3n) is 1.65. The molecule has 0 atom stereocenters. The summed E-state index contributed by atoms with van der Waals surface area (Å²) in [4.78, 5) is 26.0. The maximum Gasteiger partial charge on any atom is 0.325 e. The monoisotopic (exact) mass is 262 g/mol. The molecular weight excluding hydrogens is 255 g/mol. The van der Waals surface area contributed by atoms with Crippen LogP contribution in [0.15, 0.2) is 12.1 Å². The summed E-state index contributed by atoms with van der Waals surface area (Å²) >= 11 is 11.2. The minimum absolute atomic E-state index is 0.107. The number of methoxy groups -OCH3 is 1. The zero-order valence-electron chi connectivity index (χ0n) is 8.29. The van der Waals surface area contributed by atoms with Crippen molar-refractivity contribution in [1.82, 2.24) is 10.3 Å². The second-order valence-corrected chi connectivity index (χ2v) is 3.53. The lowest BCUT2D eigenvalue weighted by Crippen LogP contribution is -2.30. The van der Waals surface area contributed by atoms with Crippen LogP contribution in [-0.2, 0) is 9.53 Å². The molecule has 0 aliphatic heterocycles. The number of nitrogens with one attached hydrogen (secondary N) is 1. The molecule has 0 fully saturated rings. The minimum atomic E-state index is -0.542. The Bertz CT molecular complexity index is 403. The van der Waals surface area contributed by atoms with Gasteiger partial charge in [0.2, 0.25) is 0 Å². The van der Waals surface area contributed by atoms with Crippen LogP contribution in [0.3, 0.4) is 0 Å². The predicted molar refractivity (Wildman–Crippen MR) is 58.6 cm³/mol. The first-order valence-corrected chi connectivity index (χ1v) is 4.96. The average molecular weight is 263 g/mol. The molecule has 1 N–H and O–H groups in total. The van der Waals surface area contributed by atoms with Crippen LogP contribution in [0, 0.1) is 0 Å². The summed E-state index contributed by atoms with van der Waals surface area (Å²) in [6, 6.07) is 2.69. The Balaban J connectivity index is 2.69. The number of esters is 1. The van der Waals surface area contributed by atoms with E-state index in [9.17, 15) is 9.59 Å². The fourth-order valence-electron chi connectivity index (χ4n) is 0.923. The van der Waals surface area contributed by atoms with E-state index in [0.29, 0.717) is 0 Å². The molecule has 0 radical (unpaired) electrons. The second kappa shape index (κ2) is 5.67. The summed E-state index contributed by atoms with van der Waals surface area (Å²) in [6.45, 7) is -0.215. The van der Waals surface area contributed by atoms with Crippen molar-refractivity contribution >= 4 is 35.1 Å². The summed E-state index contributed by atoms with van der Waals surface area (Å²) in [5.41, 5.74) is 0.230. The van der Waals surface area contributed by atoms with Crippen LogP contribution < -0.4 is 5.32 Å². The van der Waals surface area contributed by atoms with Crippen molar-refractivity contribution in [1.29, 1.82) is 0 Å². The highest BCUT2D eigenvalue weighted by molar-refractivity contribution is 6.33. The zero-order valence-corrected chi connectivity index (χ0v) is 9.80. The largest absolute Gasteiger partial charge is 0.468 e. The van der Waals surface area contributed by atoms with E-state index in [-0.39, 0.29) is 22.4 Å². The van der Waals surface area contributed by atoms with Gasteiger partial charge in [0.15, 0.2) is 0 Å². The van der Waals surface area contributed by atoms with Crippen LogP contribution in [0.1, 0.15) is 10.4 Å². The predicted octanol–water partition coefficient (Wildman–Crippen LogP) is 1.29. The fraction of sp³-hybridized carbons (Fsp3) is 0.222. The number of pyridine rings is 1. The zero-order chi connectivity index (χ0) is 12.1. The molecule has 1 aromatic heterocycles. The van der Waals surface area contributed by atoms with Gasteiger partial charge in [-0.3, -0.25) is 9.59 Å². The summed E-state index contributed by atoms with van der Waals surface area (Å²) < 4.78 is 4.37. The van der Waals surface area contributed by atoms with Crippen LogP contribution in [0.5, 0.6) is 0 Å². The van der Waals surface area contributed by atoms with E-state index < -0.39 is 11.9 Å². The van der Waals surface area contributed by atoms with Gasteiger partial charge in [0.1, 0.15) is 16.9 Å². The van der Waals surface area contributed by atoms with Crippen LogP contribution in [0.4, 0.5) is 0 Å². The Hall–Kier alpha value is -1.33. The molecule has 1 aromatic rings. The van der Waals surface area contributed by atoms with Crippen molar-refractivity contribution in [3.8, 4) is 0 Å². The van der Waals surface area contributed by atoms with Crippen molar-refractivity contribution < 1.29 is 14.3 Å². The Labute approximate surface area is 102 Å². The molecule has 5 nitrogen and oxygen atoms in total. The van der Waals surface area contributed by atoms with Gasteiger partial charge in [0, 0.05) is 5.56 Å². The van der Waals surface area contributed by atoms with Crippen LogP contribution >= 0.6 is 23.2 Å². The molecule has 0 unspecified atom stereocenters. The van der Waals surface area contributed by atoms with Crippen molar-refractivity contribution in [2.75, 3.05) is 13.7 Å². The third kappa shape index (κ3) is 3.67. The Kier molecular flexibility index (Phi) is 4.52.